The Morgan fingerprint density at radius 2 is 1.52 bits per heavy atom. The van der Waals surface area contributed by atoms with E-state index in [9.17, 15) is 4.79 Å². The topological polar surface area (TPSA) is 38.8 Å². The molecular formula is C20H28BrNO3. The first-order chi connectivity index (χ1) is 12.1. The largest absolute Gasteiger partial charge is 0.495 e. The second-order valence-electron chi connectivity index (χ2n) is 7.22. The Hall–Kier alpha value is -1.23. The molecule has 2 aliphatic rings. The molecule has 2 aliphatic carbocycles. The van der Waals surface area contributed by atoms with E-state index in [0.29, 0.717) is 29.1 Å². The lowest BCUT2D eigenvalue weighted by molar-refractivity contribution is 0.0586. The van der Waals surface area contributed by atoms with Gasteiger partial charge in [0.1, 0.15) is 16.0 Å². The smallest absolute Gasteiger partial charge is 0.254 e. The van der Waals surface area contributed by atoms with E-state index in [1.807, 2.05) is 12.1 Å². The number of hydrogen-bond donors (Lipinski definition) is 0. The summed E-state index contributed by atoms with van der Waals surface area (Å²) in [6.45, 7) is 2.27. The number of carbonyl (C=O) groups excluding carboxylic acids is 1. The van der Waals surface area contributed by atoms with E-state index in [2.05, 4.69) is 27.8 Å². The van der Waals surface area contributed by atoms with E-state index in [1.165, 1.54) is 19.3 Å². The number of nitrogens with zero attached hydrogens (tertiary/aromatic N) is 1. The van der Waals surface area contributed by atoms with Crippen molar-refractivity contribution in [3.63, 3.8) is 0 Å². The van der Waals surface area contributed by atoms with Gasteiger partial charge in [-0.2, -0.15) is 0 Å². The van der Waals surface area contributed by atoms with Crippen LogP contribution in [-0.4, -0.2) is 37.1 Å². The van der Waals surface area contributed by atoms with Gasteiger partial charge < -0.3 is 14.4 Å². The Morgan fingerprint density at radius 1 is 1.04 bits per heavy atom. The van der Waals surface area contributed by atoms with Crippen LogP contribution in [0.1, 0.15) is 62.2 Å². The first-order valence-electron chi connectivity index (χ1n) is 9.33. The zero-order valence-corrected chi connectivity index (χ0v) is 17.0. The minimum absolute atomic E-state index is 0.117. The van der Waals surface area contributed by atoms with Gasteiger partial charge in [-0.1, -0.05) is 13.3 Å². The zero-order valence-electron chi connectivity index (χ0n) is 15.4. The molecular weight excluding hydrogens is 382 g/mol. The Labute approximate surface area is 159 Å². The van der Waals surface area contributed by atoms with Crippen molar-refractivity contribution in [2.75, 3.05) is 14.2 Å². The van der Waals surface area contributed by atoms with Gasteiger partial charge in [0.15, 0.2) is 0 Å². The van der Waals surface area contributed by atoms with Crippen LogP contribution in [0.3, 0.4) is 0 Å². The molecule has 0 aliphatic heterocycles. The molecule has 5 heteroatoms. The molecule has 1 amide bonds. The first-order valence-corrected chi connectivity index (χ1v) is 10.1. The monoisotopic (exact) mass is 409 g/mol. The summed E-state index contributed by atoms with van der Waals surface area (Å²) >= 11 is 3.48. The number of benzene rings is 1. The van der Waals surface area contributed by atoms with Crippen molar-refractivity contribution in [1.29, 1.82) is 0 Å². The molecule has 0 aromatic heterocycles. The van der Waals surface area contributed by atoms with Crippen LogP contribution in [0, 0.1) is 5.92 Å². The van der Waals surface area contributed by atoms with Gasteiger partial charge in [0.25, 0.3) is 5.91 Å². The second-order valence-corrected chi connectivity index (χ2v) is 8.01. The van der Waals surface area contributed by atoms with Gasteiger partial charge in [-0.3, -0.25) is 4.79 Å². The highest BCUT2D eigenvalue weighted by Gasteiger charge is 2.39. The molecule has 2 saturated carbocycles. The molecule has 0 radical (unpaired) electrons. The third kappa shape index (κ3) is 3.97. The number of halogens is 1. The summed E-state index contributed by atoms with van der Waals surface area (Å²) in [5, 5.41) is 0. The van der Waals surface area contributed by atoms with Crippen LogP contribution in [-0.2, 0) is 0 Å². The van der Waals surface area contributed by atoms with E-state index in [0.717, 1.165) is 36.1 Å². The van der Waals surface area contributed by atoms with Crippen molar-refractivity contribution in [3.05, 3.63) is 22.2 Å². The lowest BCUT2D eigenvalue weighted by Crippen LogP contribution is -2.43. The number of amides is 1. The highest BCUT2D eigenvalue weighted by atomic mass is 79.9. The minimum Gasteiger partial charge on any atom is -0.495 e. The normalized spacial score (nSPS) is 23.2. The van der Waals surface area contributed by atoms with Gasteiger partial charge >= 0.3 is 0 Å². The molecule has 2 fully saturated rings. The molecule has 25 heavy (non-hydrogen) atoms. The van der Waals surface area contributed by atoms with Gasteiger partial charge in [0, 0.05) is 17.6 Å². The molecule has 0 saturated heterocycles. The van der Waals surface area contributed by atoms with Crippen LogP contribution in [0.4, 0.5) is 0 Å². The molecule has 3 rings (SSSR count). The number of ether oxygens (including phenoxy) is 2. The Balaban J connectivity index is 1.84. The summed E-state index contributed by atoms with van der Waals surface area (Å²) in [5.41, 5.74) is 0.654. The van der Waals surface area contributed by atoms with Crippen LogP contribution < -0.4 is 9.47 Å². The number of hydrogen-bond acceptors (Lipinski definition) is 3. The van der Waals surface area contributed by atoms with Crippen molar-refractivity contribution in [3.8, 4) is 11.5 Å². The zero-order chi connectivity index (χ0) is 18.0. The van der Waals surface area contributed by atoms with E-state index >= 15 is 0 Å². The summed E-state index contributed by atoms with van der Waals surface area (Å²) in [5.74, 6) is 2.22. The molecule has 138 valence electrons. The van der Waals surface area contributed by atoms with Crippen molar-refractivity contribution in [1.82, 2.24) is 4.90 Å². The predicted octanol–water partition coefficient (Wildman–Crippen LogP) is 5.04. The van der Waals surface area contributed by atoms with Crippen LogP contribution in [0.25, 0.3) is 0 Å². The molecule has 0 heterocycles. The average molecular weight is 410 g/mol. The summed E-state index contributed by atoms with van der Waals surface area (Å²) in [6.07, 6.45) is 8.26. The first kappa shape index (κ1) is 18.6. The quantitative estimate of drug-likeness (QED) is 0.660. The van der Waals surface area contributed by atoms with Crippen LogP contribution in [0.5, 0.6) is 11.5 Å². The van der Waals surface area contributed by atoms with E-state index in [1.54, 1.807) is 14.2 Å². The van der Waals surface area contributed by atoms with Gasteiger partial charge in [-0.25, -0.2) is 0 Å². The fraction of sp³-hybridized carbons (Fsp3) is 0.650. The van der Waals surface area contributed by atoms with E-state index in [-0.39, 0.29) is 5.91 Å². The Kier molecular flexibility index (Phi) is 5.92. The number of methoxy groups -OCH3 is 2. The van der Waals surface area contributed by atoms with Crippen LogP contribution in [0.2, 0.25) is 0 Å². The molecule has 0 spiro atoms. The molecule has 1 aromatic rings. The van der Waals surface area contributed by atoms with Crippen molar-refractivity contribution >= 4 is 21.8 Å². The average Bonchev–Trinajstić information content (AvgIpc) is 3.47. The maximum atomic E-state index is 13.3. The summed E-state index contributed by atoms with van der Waals surface area (Å²) in [7, 11) is 3.22. The van der Waals surface area contributed by atoms with Gasteiger partial charge in [-0.15, -0.1) is 0 Å². The SMILES string of the molecule is CCC1CCC(N(C(=O)c2cc(OC)c(Br)c(OC)c2)C2CC2)CC1. The third-order valence-corrected chi connectivity index (χ3v) is 6.44. The van der Waals surface area contributed by atoms with Crippen LogP contribution in [0.15, 0.2) is 16.6 Å². The van der Waals surface area contributed by atoms with Gasteiger partial charge in [0.05, 0.1) is 14.2 Å². The van der Waals surface area contributed by atoms with Crippen molar-refractivity contribution < 1.29 is 14.3 Å². The second kappa shape index (κ2) is 7.98. The molecule has 0 N–H and O–H groups in total. The maximum absolute atomic E-state index is 13.3. The van der Waals surface area contributed by atoms with Crippen LogP contribution >= 0.6 is 15.9 Å². The molecule has 1 aromatic carbocycles. The maximum Gasteiger partial charge on any atom is 0.254 e. The van der Waals surface area contributed by atoms with Crippen molar-refractivity contribution in [2.24, 2.45) is 5.92 Å². The fourth-order valence-electron chi connectivity index (χ4n) is 3.96. The summed E-state index contributed by atoms with van der Waals surface area (Å²) < 4.78 is 11.6. The Morgan fingerprint density at radius 3 is 1.92 bits per heavy atom. The van der Waals surface area contributed by atoms with E-state index in [4.69, 9.17) is 9.47 Å². The third-order valence-electron chi connectivity index (χ3n) is 5.65. The van der Waals surface area contributed by atoms with Crippen molar-refractivity contribution in [2.45, 2.75) is 64.0 Å². The summed E-state index contributed by atoms with van der Waals surface area (Å²) in [6, 6.07) is 4.43. The fourth-order valence-corrected chi connectivity index (χ4v) is 4.51. The number of rotatable bonds is 6. The molecule has 4 nitrogen and oxygen atoms in total. The summed E-state index contributed by atoms with van der Waals surface area (Å²) in [4.78, 5) is 15.5. The number of carbonyl (C=O) groups is 1. The van der Waals surface area contributed by atoms with Gasteiger partial charge in [-0.05, 0) is 72.5 Å². The highest BCUT2D eigenvalue weighted by Crippen LogP contribution is 2.40. The minimum atomic E-state index is 0.117. The molecule has 0 unspecified atom stereocenters. The standard InChI is InChI=1S/C20H28BrNO3/c1-4-13-5-7-15(8-6-13)22(16-9-10-16)20(23)14-11-17(24-2)19(21)18(12-14)25-3/h11-13,15-16H,4-10H2,1-3H3. The molecule has 0 bridgehead atoms. The predicted molar refractivity (Wildman–Crippen MR) is 102 cm³/mol. The lowest BCUT2D eigenvalue weighted by atomic mass is 9.83. The highest BCUT2D eigenvalue weighted by molar-refractivity contribution is 9.10. The Bertz CT molecular complexity index is 596. The van der Waals surface area contributed by atoms with Gasteiger partial charge in [0.2, 0.25) is 0 Å². The molecule has 0 atom stereocenters. The lowest BCUT2D eigenvalue weighted by Gasteiger charge is -2.37. The van der Waals surface area contributed by atoms with E-state index < -0.39 is 0 Å².